The number of fused-ring (bicyclic) bond motifs is 2. The molecule has 2 atom stereocenters. The predicted molar refractivity (Wildman–Crippen MR) is 104 cm³/mol. The average Bonchev–Trinajstić information content (AvgIpc) is 2.85. The van der Waals surface area contributed by atoms with E-state index in [1.807, 2.05) is 0 Å². The summed E-state index contributed by atoms with van der Waals surface area (Å²) in [6.07, 6.45) is 11.9. The lowest BCUT2D eigenvalue weighted by Crippen LogP contribution is -2.60. The second-order valence-electron chi connectivity index (χ2n) is 10.5. The molecular formula is C24H33NO. The van der Waals surface area contributed by atoms with Crippen molar-refractivity contribution < 1.29 is 5.11 Å². The molecule has 0 spiro atoms. The van der Waals surface area contributed by atoms with Crippen molar-refractivity contribution in [3.8, 4) is 0 Å². The molecule has 6 aliphatic rings. The van der Waals surface area contributed by atoms with Crippen LogP contribution in [0.2, 0.25) is 0 Å². The standard InChI is InChI=1S/C24H33NO/c26-24(23-19-9-17-8-18(11-19)12-20(23)10-17)13-21-6-7-22(14-24)25(21)15-16-4-2-1-3-5-16/h1-5,17-23,26H,6-15H2. The first-order valence-electron chi connectivity index (χ1n) is 11.2. The van der Waals surface area contributed by atoms with E-state index in [1.165, 1.54) is 50.5 Å². The molecule has 0 aromatic heterocycles. The Morgan fingerprint density at radius 3 is 2.00 bits per heavy atom. The second kappa shape index (κ2) is 5.82. The van der Waals surface area contributed by atoms with Crippen LogP contribution in [0, 0.1) is 29.6 Å². The Bertz CT molecular complexity index is 628. The number of benzene rings is 1. The van der Waals surface area contributed by atoms with Crippen molar-refractivity contribution >= 4 is 0 Å². The van der Waals surface area contributed by atoms with Gasteiger partial charge in [-0.25, -0.2) is 0 Å². The van der Waals surface area contributed by atoms with E-state index in [0.717, 1.165) is 43.1 Å². The number of aliphatic hydroxyl groups is 1. The number of piperidine rings is 1. The fourth-order valence-corrected chi connectivity index (χ4v) is 8.48. The van der Waals surface area contributed by atoms with Crippen LogP contribution in [0.3, 0.4) is 0 Å². The molecule has 140 valence electrons. The Morgan fingerprint density at radius 1 is 0.846 bits per heavy atom. The van der Waals surface area contributed by atoms with E-state index in [1.54, 1.807) is 0 Å². The molecule has 6 fully saturated rings. The highest BCUT2D eigenvalue weighted by Crippen LogP contribution is 2.61. The van der Waals surface area contributed by atoms with E-state index in [0.29, 0.717) is 18.0 Å². The molecular weight excluding hydrogens is 318 g/mol. The summed E-state index contributed by atoms with van der Waals surface area (Å²) in [6.45, 7) is 1.08. The zero-order chi connectivity index (χ0) is 17.3. The van der Waals surface area contributed by atoms with Crippen molar-refractivity contribution in [1.82, 2.24) is 4.90 Å². The first kappa shape index (κ1) is 16.1. The lowest BCUT2D eigenvalue weighted by atomic mass is 9.47. The van der Waals surface area contributed by atoms with Gasteiger partial charge in [-0.15, -0.1) is 0 Å². The molecule has 4 aliphatic carbocycles. The van der Waals surface area contributed by atoms with E-state index >= 15 is 0 Å². The van der Waals surface area contributed by atoms with Gasteiger partial charge in [0.15, 0.2) is 0 Å². The summed E-state index contributed by atoms with van der Waals surface area (Å²) in [6, 6.07) is 12.2. The van der Waals surface area contributed by atoms with Crippen LogP contribution in [0.25, 0.3) is 0 Å². The Labute approximate surface area is 158 Å². The molecule has 2 saturated heterocycles. The van der Waals surface area contributed by atoms with Crippen molar-refractivity contribution in [2.45, 2.75) is 82.0 Å². The summed E-state index contributed by atoms with van der Waals surface area (Å²) in [5, 5.41) is 11.9. The molecule has 7 rings (SSSR count). The molecule has 26 heavy (non-hydrogen) atoms. The highest BCUT2D eigenvalue weighted by Gasteiger charge is 2.59. The zero-order valence-corrected chi connectivity index (χ0v) is 15.9. The smallest absolute Gasteiger partial charge is 0.0710 e. The Balaban J connectivity index is 1.23. The molecule has 1 N–H and O–H groups in total. The van der Waals surface area contributed by atoms with E-state index in [4.69, 9.17) is 0 Å². The van der Waals surface area contributed by atoms with Crippen molar-refractivity contribution in [2.24, 2.45) is 29.6 Å². The van der Waals surface area contributed by atoms with Crippen LogP contribution in [-0.4, -0.2) is 27.7 Å². The van der Waals surface area contributed by atoms with E-state index in [2.05, 4.69) is 35.2 Å². The lowest BCUT2D eigenvalue weighted by Gasteiger charge is -2.60. The van der Waals surface area contributed by atoms with Crippen molar-refractivity contribution in [2.75, 3.05) is 0 Å². The van der Waals surface area contributed by atoms with Gasteiger partial charge in [-0.2, -0.15) is 0 Å². The van der Waals surface area contributed by atoms with Gasteiger partial charge in [0.05, 0.1) is 5.60 Å². The maximum Gasteiger partial charge on any atom is 0.0710 e. The molecule has 6 bridgehead atoms. The Kier molecular flexibility index (Phi) is 3.61. The van der Waals surface area contributed by atoms with Crippen LogP contribution >= 0.6 is 0 Å². The second-order valence-corrected chi connectivity index (χ2v) is 10.5. The van der Waals surface area contributed by atoms with Crippen LogP contribution in [0.4, 0.5) is 0 Å². The van der Waals surface area contributed by atoms with Gasteiger partial charge in [0.25, 0.3) is 0 Å². The van der Waals surface area contributed by atoms with E-state index < -0.39 is 0 Å². The molecule has 2 heterocycles. The van der Waals surface area contributed by atoms with Gasteiger partial charge in [0.1, 0.15) is 0 Å². The van der Waals surface area contributed by atoms with Crippen LogP contribution < -0.4 is 0 Å². The molecule has 1 aromatic rings. The quantitative estimate of drug-likeness (QED) is 0.859. The third kappa shape index (κ3) is 2.44. The number of nitrogens with zero attached hydrogens (tertiary/aromatic N) is 1. The van der Waals surface area contributed by atoms with Gasteiger partial charge in [-0.3, -0.25) is 4.90 Å². The SMILES string of the molecule is OC1(C2C3CC4CC(C3)CC2C4)CC2CCC(C1)N2Cc1ccccc1. The van der Waals surface area contributed by atoms with Crippen molar-refractivity contribution in [1.29, 1.82) is 0 Å². The topological polar surface area (TPSA) is 23.5 Å². The molecule has 0 radical (unpaired) electrons. The van der Waals surface area contributed by atoms with Crippen LogP contribution in [0.15, 0.2) is 30.3 Å². The third-order valence-corrected chi connectivity index (χ3v) is 9.00. The van der Waals surface area contributed by atoms with Crippen LogP contribution in [0.1, 0.15) is 63.4 Å². The summed E-state index contributed by atoms with van der Waals surface area (Å²) >= 11 is 0. The van der Waals surface area contributed by atoms with Gasteiger partial charge in [-0.05, 0) is 92.9 Å². The molecule has 4 saturated carbocycles. The van der Waals surface area contributed by atoms with Crippen molar-refractivity contribution in [3.05, 3.63) is 35.9 Å². The predicted octanol–water partition coefficient (Wildman–Crippen LogP) is 4.62. The maximum absolute atomic E-state index is 11.9. The molecule has 1 aromatic carbocycles. The van der Waals surface area contributed by atoms with E-state index in [9.17, 15) is 5.11 Å². The summed E-state index contributed by atoms with van der Waals surface area (Å²) in [5.74, 6) is 4.32. The van der Waals surface area contributed by atoms with Gasteiger partial charge < -0.3 is 5.11 Å². The summed E-state index contributed by atoms with van der Waals surface area (Å²) in [7, 11) is 0. The first-order valence-corrected chi connectivity index (χ1v) is 11.2. The first-order chi connectivity index (χ1) is 12.7. The lowest BCUT2D eigenvalue weighted by molar-refractivity contribution is -0.173. The molecule has 2 aliphatic heterocycles. The third-order valence-electron chi connectivity index (χ3n) is 9.00. The number of hydrogen-bond donors (Lipinski definition) is 1. The minimum atomic E-state index is -0.359. The Morgan fingerprint density at radius 2 is 1.42 bits per heavy atom. The molecule has 0 amide bonds. The molecule has 2 unspecified atom stereocenters. The largest absolute Gasteiger partial charge is 0.389 e. The van der Waals surface area contributed by atoms with E-state index in [-0.39, 0.29) is 5.60 Å². The highest BCUT2D eigenvalue weighted by atomic mass is 16.3. The normalized spacial score (nSPS) is 49.7. The summed E-state index contributed by atoms with van der Waals surface area (Å²) in [4.78, 5) is 2.74. The van der Waals surface area contributed by atoms with Gasteiger partial charge in [0, 0.05) is 18.6 Å². The van der Waals surface area contributed by atoms with Crippen LogP contribution in [-0.2, 0) is 6.54 Å². The number of hydrogen-bond acceptors (Lipinski definition) is 2. The number of rotatable bonds is 3. The summed E-state index contributed by atoms with van der Waals surface area (Å²) in [5.41, 5.74) is 1.08. The van der Waals surface area contributed by atoms with Crippen molar-refractivity contribution in [3.63, 3.8) is 0 Å². The highest BCUT2D eigenvalue weighted by molar-refractivity contribution is 5.17. The van der Waals surface area contributed by atoms with Gasteiger partial charge in [-0.1, -0.05) is 30.3 Å². The monoisotopic (exact) mass is 351 g/mol. The molecule has 2 nitrogen and oxygen atoms in total. The van der Waals surface area contributed by atoms with Gasteiger partial charge >= 0.3 is 0 Å². The van der Waals surface area contributed by atoms with Gasteiger partial charge in [0.2, 0.25) is 0 Å². The minimum absolute atomic E-state index is 0.359. The Hall–Kier alpha value is -0.860. The fraction of sp³-hybridized carbons (Fsp3) is 0.750. The summed E-state index contributed by atoms with van der Waals surface area (Å²) < 4.78 is 0. The fourth-order valence-electron chi connectivity index (χ4n) is 8.48. The average molecular weight is 352 g/mol. The zero-order valence-electron chi connectivity index (χ0n) is 15.9. The van der Waals surface area contributed by atoms with Crippen LogP contribution in [0.5, 0.6) is 0 Å². The molecule has 2 heteroatoms. The minimum Gasteiger partial charge on any atom is -0.389 e. The maximum atomic E-state index is 11.9.